The van der Waals surface area contributed by atoms with Gasteiger partial charge in [-0.25, -0.2) is 4.98 Å². The molecule has 3 N–H and O–H groups in total. The van der Waals surface area contributed by atoms with E-state index in [2.05, 4.69) is 29.1 Å². The Morgan fingerprint density at radius 3 is 1.95 bits per heavy atom. The minimum absolute atomic E-state index is 0.0809. The number of rotatable bonds is 17. The summed E-state index contributed by atoms with van der Waals surface area (Å²) in [4.78, 5) is 8.30. The average molecular weight is 543 g/mol. The van der Waals surface area contributed by atoms with Crippen LogP contribution in [0.25, 0.3) is 11.3 Å². The van der Waals surface area contributed by atoms with Crippen molar-refractivity contribution in [1.29, 1.82) is 0 Å². The van der Waals surface area contributed by atoms with E-state index in [-0.39, 0.29) is 5.84 Å². The van der Waals surface area contributed by atoms with Gasteiger partial charge in [-0.1, -0.05) is 5.16 Å². The molecule has 10 heteroatoms. The summed E-state index contributed by atoms with van der Waals surface area (Å²) in [5.74, 6) is 1.69. The molecule has 2 aromatic carbocycles. The minimum atomic E-state index is 0.0809. The fraction of sp³-hybridized carbons (Fsp3) is 0.429. The summed E-state index contributed by atoms with van der Waals surface area (Å²) < 4.78 is 22.2. The number of unbranched alkanes of at least 4 members (excludes halogenated alkanes) is 2. The number of nitrogens with zero attached hydrogens (tertiary/aromatic N) is 3. The zero-order valence-corrected chi connectivity index (χ0v) is 23.2. The first kappa shape index (κ1) is 29.2. The van der Waals surface area contributed by atoms with Gasteiger partial charge in [-0.15, -0.1) is 11.3 Å². The van der Waals surface area contributed by atoms with Crippen molar-refractivity contribution in [2.45, 2.75) is 26.2 Å². The number of thiazole rings is 1. The van der Waals surface area contributed by atoms with E-state index < -0.39 is 0 Å². The molecule has 9 nitrogen and oxygen atoms in total. The van der Waals surface area contributed by atoms with Crippen LogP contribution in [0.15, 0.2) is 53.7 Å². The van der Waals surface area contributed by atoms with Crippen molar-refractivity contribution >= 4 is 22.3 Å². The summed E-state index contributed by atoms with van der Waals surface area (Å²) in [5.41, 5.74) is 8.29. The standard InChI is InChI=1S/C28H38N4O5S/c1-21-26(30-28(38-21)32(15-19-34-2)16-20-35-3)22-7-11-24(12-8-22)36-17-5-4-6-18-37-25-13-9-23(10-14-25)27(29)31-33/h7-14,33H,4-6,15-20H2,1-3H3,(H2,29,31). The third-order valence-electron chi connectivity index (χ3n) is 5.90. The molecule has 206 valence electrons. The zero-order chi connectivity index (χ0) is 27.2. The van der Waals surface area contributed by atoms with Crippen LogP contribution in [0.1, 0.15) is 29.7 Å². The van der Waals surface area contributed by atoms with Crippen LogP contribution in [0.2, 0.25) is 0 Å². The molecule has 3 rings (SSSR count). The molecule has 38 heavy (non-hydrogen) atoms. The van der Waals surface area contributed by atoms with Gasteiger partial charge in [0.05, 0.1) is 32.1 Å². The van der Waals surface area contributed by atoms with Gasteiger partial charge in [0, 0.05) is 43.3 Å². The predicted molar refractivity (Wildman–Crippen MR) is 152 cm³/mol. The van der Waals surface area contributed by atoms with Crippen LogP contribution < -0.4 is 20.1 Å². The number of methoxy groups -OCH3 is 2. The zero-order valence-electron chi connectivity index (χ0n) is 22.4. The van der Waals surface area contributed by atoms with Gasteiger partial charge in [0.1, 0.15) is 11.5 Å². The molecule has 0 atom stereocenters. The van der Waals surface area contributed by atoms with Crippen molar-refractivity contribution in [1.82, 2.24) is 4.98 Å². The van der Waals surface area contributed by atoms with Crippen LogP contribution in [0.4, 0.5) is 5.13 Å². The minimum Gasteiger partial charge on any atom is -0.494 e. The summed E-state index contributed by atoms with van der Waals surface area (Å²) in [5, 5.41) is 12.7. The number of nitrogens with two attached hydrogens (primary N) is 1. The first-order valence-electron chi connectivity index (χ1n) is 12.7. The van der Waals surface area contributed by atoms with Crippen LogP contribution in [0.3, 0.4) is 0 Å². The normalized spacial score (nSPS) is 11.5. The van der Waals surface area contributed by atoms with Crippen molar-refractivity contribution < 1.29 is 24.2 Å². The number of amidine groups is 1. The number of aryl methyl sites for hydroxylation is 1. The van der Waals surface area contributed by atoms with Gasteiger partial charge in [-0.2, -0.15) is 0 Å². The smallest absolute Gasteiger partial charge is 0.186 e. The van der Waals surface area contributed by atoms with Crippen molar-refractivity contribution in [3.63, 3.8) is 0 Å². The molecule has 0 radical (unpaired) electrons. The van der Waals surface area contributed by atoms with Gasteiger partial charge >= 0.3 is 0 Å². The fourth-order valence-corrected chi connectivity index (χ4v) is 4.72. The predicted octanol–water partition coefficient (Wildman–Crippen LogP) is 4.94. The van der Waals surface area contributed by atoms with E-state index in [4.69, 9.17) is 34.9 Å². The van der Waals surface area contributed by atoms with Gasteiger partial charge in [0.15, 0.2) is 11.0 Å². The Kier molecular flexibility index (Phi) is 12.2. The fourth-order valence-electron chi connectivity index (χ4n) is 3.74. The molecule has 0 spiro atoms. The van der Waals surface area contributed by atoms with Crippen LogP contribution in [0.5, 0.6) is 11.5 Å². The highest BCUT2D eigenvalue weighted by molar-refractivity contribution is 7.16. The molecular weight excluding hydrogens is 504 g/mol. The molecule has 0 unspecified atom stereocenters. The van der Waals surface area contributed by atoms with Crippen molar-refractivity contribution in [3.8, 4) is 22.8 Å². The van der Waals surface area contributed by atoms with Gasteiger partial charge < -0.3 is 34.8 Å². The SMILES string of the molecule is COCCN(CCOC)c1nc(-c2ccc(OCCCCCOc3ccc(C(N)=NO)cc3)cc2)c(C)s1. The monoisotopic (exact) mass is 542 g/mol. The van der Waals surface area contributed by atoms with Gasteiger partial charge in [-0.05, 0) is 74.7 Å². The number of ether oxygens (including phenoxy) is 4. The Morgan fingerprint density at radius 2 is 1.42 bits per heavy atom. The van der Waals surface area contributed by atoms with Gasteiger partial charge in [0.25, 0.3) is 0 Å². The molecule has 0 aliphatic rings. The molecule has 0 saturated heterocycles. The highest BCUT2D eigenvalue weighted by atomic mass is 32.1. The molecular formula is C28H38N4O5S. The average Bonchev–Trinajstić information content (AvgIpc) is 3.34. The first-order valence-corrected chi connectivity index (χ1v) is 13.5. The quantitative estimate of drug-likeness (QED) is 0.0811. The summed E-state index contributed by atoms with van der Waals surface area (Å²) >= 11 is 1.69. The maximum absolute atomic E-state index is 8.72. The molecule has 0 saturated carbocycles. The maximum Gasteiger partial charge on any atom is 0.186 e. The van der Waals surface area contributed by atoms with Crippen molar-refractivity contribution in [2.75, 3.05) is 58.6 Å². The van der Waals surface area contributed by atoms with Crippen LogP contribution in [-0.4, -0.2) is 69.8 Å². The number of oxime groups is 1. The highest BCUT2D eigenvalue weighted by Crippen LogP contribution is 2.33. The molecule has 0 aliphatic heterocycles. The number of anilines is 1. The van der Waals surface area contributed by atoms with Crippen LogP contribution in [0, 0.1) is 6.92 Å². The van der Waals surface area contributed by atoms with Crippen molar-refractivity contribution in [2.24, 2.45) is 10.9 Å². The van der Waals surface area contributed by atoms with E-state index in [0.717, 1.165) is 60.2 Å². The molecule has 1 heterocycles. The first-order chi connectivity index (χ1) is 18.5. The largest absolute Gasteiger partial charge is 0.494 e. The van der Waals surface area contributed by atoms with E-state index >= 15 is 0 Å². The Labute approximate surface area is 228 Å². The second-order valence-electron chi connectivity index (χ2n) is 8.67. The lowest BCUT2D eigenvalue weighted by Gasteiger charge is -2.20. The third-order valence-corrected chi connectivity index (χ3v) is 6.93. The molecule has 3 aromatic rings. The third kappa shape index (κ3) is 8.90. The lowest BCUT2D eigenvalue weighted by molar-refractivity contribution is 0.190. The molecule has 0 aliphatic carbocycles. The number of benzene rings is 2. The van der Waals surface area contributed by atoms with Crippen LogP contribution >= 0.6 is 11.3 Å². The molecule has 0 fully saturated rings. The Hall–Kier alpha value is -3.34. The van der Waals surface area contributed by atoms with E-state index in [1.54, 1.807) is 37.7 Å². The highest BCUT2D eigenvalue weighted by Gasteiger charge is 2.15. The summed E-state index contributed by atoms with van der Waals surface area (Å²) in [6, 6.07) is 15.3. The van der Waals surface area contributed by atoms with Crippen molar-refractivity contribution in [3.05, 3.63) is 59.0 Å². The molecule has 1 aromatic heterocycles. The summed E-state index contributed by atoms with van der Waals surface area (Å²) in [7, 11) is 3.42. The number of aromatic nitrogens is 1. The Balaban J connectivity index is 1.40. The second kappa shape index (κ2) is 15.8. The molecule has 0 amide bonds. The van der Waals surface area contributed by atoms with E-state index in [9.17, 15) is 0 Å². The Morgan fingerprint density at radius 1 is 0.868 bits per heavy atom. The Bertz CT molecular complexity index is 1110. The van der Waals surface area contributed by atoms with E-state index in [1.807, 2.05) is 24.3 Å². The maximum atomic E-state index is 8.72. The van der Waals surface area contributed by atoms with E-state index in [0.29, 0.717) is 32.0 Å². The van der Waals surface area contributed by atoms with Gasteiger partial charge in [-0.3, -0.25) is 0 Å². The topological polar surface area (TPSA) is 112 Å². The number of hydrogen-bond acceptors (Lipinski definition) is 9. The number of hydrogen-bond donors (Lipinski definition) is 2. The van der Waals surface area contributed by atoms with E-state index in [1.165, 1.54) is 4.88 Å². The summed E-state index contributed by atoms with van der Waals surface area (Å²) in [6.45, 7) is 6.21. The van der Waals surface area contributed by atoms with Gasteiger partial charge in [0.2, 0.25) is 0 Å². The van der Waals surface area contributed by atoms with Crippen LogP contribution in [-0.2, 0) is 9.47 Å². The summed E-state index contributed by atoms with van der Waals surface area (Å²) in [6.07, 6.45) is 2.88. The lowest BCUT2D eigenvalue weighted by Crippen LogP contribution is -2.30. The molecule has 0 bridgehead atoms. The second-order valence-corrected chi connectivity index (χ2v) is 9.85. The lowest BCUT2D eigenvalue weighted by atomic mass is 10.1.